The second kappa shape index (κ2) is 6.14. The van der Waals surface area contributed by atoms with Crippen molar-refractivity contribution in [3.8, 4) is 11.8 Å². The molecule has 0 bridgehead atoms. The van der Waals surface area contributed by atoms with Gasteiger partial charge in [-0.25, -0.2) is 0 Å². The van der Waals surface area contributed by atoms with E-state index in [1.165, 1.54) is 5.56 Å². The molecule has 0 aliphatic rings. The van der Waals surface area contributed by atoms with E-state index in [0.29, 0.717) is 6.42 Å². The fraction of sp³-hybridized carbons (Fsp3) is 0.462. The summed E-state index contributed by atoms with van der Waals surface area (Å²) in [6, 6.07) is 8.36. The van der Waals surface area contributed by atoms with Gasteiger partial charge in [0.1, 0.15) is 5.75 Å². The first-order valence-electron chi connectivity index (χ1n) is 5.47. The van der Waals surface area contributed by atoms with Crippen LogP contribution in [0.5, 0.6) is 5.75 Å². The molecule has 0 aliphatic carbocycles. The minimum atomic E-state index is 0.0337. The Hall–Kier alpha value is -1.53. The smallest absolute Gasteiger partial charge is 0.123 e. The zero-order valence-electron chi connectivity index (χ0n) is 10.1. The van der Waals surface area contributed by atoms with Gasteiger partial charge in [0.25, 0.3) is 0 Å². The third-order valence-electron chi connectivity index (χ3n) is 2.72. The Balaban J connectivity index is 3.11. The van der Waals surface area contributed by atoms with Gasteiger partial charge in [0.05, 0.1) is 19.6 Å². The van der Waals surface area contributed by atoms with E-state index in [-0.39, 0.29) is 6.04 Å². The summed E-state index contributed by atoms with van der Waals surface area (Å²) >= 11 is 0. The van der Waals surface area contributed by atoms with Gasteiger partial charge in [0.15, 0.2) is 0 Å². The number of aryl methyl sites for hydroxylation is 1. The van der Waals surface area contributed by atoms with Crippen LogP contribution in [-0.2, 0) is 6.42 Å². The highest BCUT2D eigenvalue weighted by Gasteiger charge is 2.14. The van der Waals surface area contributed by atoms with Crippen LogP contribution in [0.15, 0.2) is 18.2 Å². The molecule has 86 valence electrons. The first-order chi connectivity index (χ1) is 7.76. The van der Waals surface area contributed by atoms with E-state index in [2.05, 4.69) is 30.4 Å². The summed E-state index contributed by atoms with van der Waals surface area (Å²) in [6.07, 6.45) is 1.43. The molecule has 1 unspecified atom stereocenters. The Bertz CT molecular complexity index is 382. The van der Waals surface area contributed by atoms with Crippen LogP contribution in [0, 0.1) is 11.3 Å². The van der Waals surface area contributed by atoms with Crippen LogP contribution >= 0.6 is 0 Å². The maximum absolute atomic E-state index is 8.79. The highest BCUT2D eigenvalue weighted by atomic mass is 16.5. The van der Waals surface area contributed by atoms with E-state index < -0.39 is 0 Å². The molecular weight excluding hydrogens is 200 g/mol. The highest BCUT2D eigenvalue weighted by Crippen LogP contribution is 2.28. The van der Waals surface area contributed by atoms with Gasteiger partial charge in [-0.3, -0.25) is 0 Å². The number of methoxy groups -OCH3 is 1. The van der Waals surface area contributed by atoms with Crippen molar-refractivity contribution in [2.24, 2.45) is 0 Å². The summed E-state index contributed by atoms with van der Waals surface area (Å²) < 4.78 is 5.32. The predicted molar refractivity (Wildman–Crippen MR) is 64.4 cm³/mol. The number of benzene rings is 1. The molecule has 16 heavy (non-hydrogen) atoms. The molecule has 1 aromatic rings. The number of hydrogen-bond donors (Lipinski definition) is 1. The fourth-order valence-corrected chi connectivity index (χ4v) is 1.73. The fourth-order valence-electron chi connectivity index (χ4n) is 1.73. The van der Waals surface area contributed by atoms with Gasteiger partial charge in [-0.2, -0.15) is 5.26 Å². The first-order valence-corrected chi connectivity index (χ1v) is 5.47. The monoisotopic (exact) mass is 218 g/mol. The van der Waals surface area contributed by atoms with E-state index in [1.807, 2.05) is 13.1 Å². The maximum Gasteiger partial charge on any atom is 0.123 e. The first kappa shape index (κ1) is 12.5. The van der Waals surface area contributed by atoms with Crippen LogP contribution in [0.25, 0.3) is 0 Å². The quantitative estimate of drug-likeness (QED) is 0.825. The molecule has 0 spiro atoms. The number of hydrogen-bond acceptors (Lipinski definition) is 3. The Morgan fingerprint density at radius 2 is 2.25 bits per heavy atom. The van der Waals surface area contributed by atoms with Crippen molar-refractivity contribution in [2.75, 3.05) is 14.2 Å². The molecule has 0 saturated heterocycles. The van der Waals surface area contributed by atoms with Crippen LogP contribution < -0.4 is 10.1 Å². The van der Waals surface area contributed by atoms with Gasteiger partial charge >= 0.3 is 0 Å². The molecule has 0 aliphatic heterocycles. The molecule has 0 fully saturated rings. The molecule has 3 heteroatoms. The van der Waals surface area contributed by atoms with Crippen molar-refractivity contribution in [1.82, 2.24) is 5.32 Å². The summed E-state index contributed by atoms with van der Waals surface area (Å²) in [6.45, 7) is 2.12. The van der Waals surface area contributed by atoms with E-state index in [0.717, 1.165) is 17.7 Å². The van der Waals surface area contributed by atoms with Gasteiger partial charge in [-0.05, 0) is 25.1 Å². The van der Waals surface area contributed by atoms with Crippen LogP contribution in [-0.4, -0.2) is 14.2 Å². The number of ether oxygens (including phenoxy) is 1. The van der Waals surface area contributed by atoms with Crippen molar-refractivity contribution in [3.05, 3.63) is 29.3 Å². The number of nitrogens with one attached hydrogen (secondary N) is 1. The van der Waals surface area contributed by atoms with Crippen molar-refractivity contribution < 1.29 is 4.74 Å². The summed E-state index contributed by atoms with van der Waals surface area (Å²) in [5, 5.41) is 11.9. The molecule has 0 aromatic heterocycles. The average Bonchev–Trinajstić information content (AvgIpc) is 2.35. The summed E-state index contributed by atoms with van der Waals surface area (Å²) in [4.78, 5) is 0. The van der Waals surface area contributed by atoms with Gasteiger partial charge in [0, 0.05) is 11.6 Å². The second-order valence-corrected chi connectivity index (χ2v) is 3.63. The lowest BCUT2D eigenvalue weighted by Crippen LogP contribution is -2.16. The zero-order chi connectivity index (χ0) is 12.0. The van der Waals surface area contributed by atoms with E-state index in [1.54, 1.807) is 7.11 Å². The standard InChI is InChI=1S/C13H18N2O/c1-4-10-5-6-13(16-3)11(9-10)12(15-2)7-8-14/h5-6,9,12,15H,4,7H2,1-3H3. The Kier molecular flexibility index (Phi) is 4.81. The Morgan fingerprint density at radius 3 is 2.75 bits per heavy atom. The molecular formula is C13H18N2O. The molecule has 0 amide bonds. The topological polar surface area (TPSA) is 45.0 Å². The van der Waals surface area contributed by atoms with Gasteiger partial charge in [-0.15, -0.1) is 0 Å². The largest absolute Gasteiger partial charge is 0.496 e. The minimum Gasteiger partial charge on any atom is -0.496 e. The second-order valence-electron chi connectivity index (χ2n) is 3.63. The maximum atomic E-state index is 8.79. The van der Waals surface area contributed by atoms with Crippen LogP contribution in [0.1, 0.15) is 30.5 Å². The van der Waals surface area contributed by atoms with Crippen LogP contribution in [0.3, 0.4) is 0 Å². The normalized spacial score (nSPS) is 11.9. The molecule has 0 radical (unpaired) electrons. The van der Waals surface area contributed by atoms with Gasteiger partial charge in [-0.1, -0.05) is 19.1 Å². The Morgan fingerprint density at radius 1 is 1.50 bits per heavy atom. The van der Waals surface area contributed by atoms with Gasteiger partial charge < -0.3 is 10.1 Å². The van der Waals surface area contributed by atoms with Gasteiger partial charge in [0.2, 0.25) is 0 Å². The third kappa shape index (κ3) is 2.74. The average molecular weight is 218 g/mol. The molecule has 1 aromatic carbocycles. The highest BCUT2D eigenvalue weighted by molar-refractivity contribution is 5.40. The molecule has 0 saturated carbocycles. The number of nitriles is 1. The molecule has 1 rings (SSSR count). The summed E-state index contributed by atoms with van der Waals surface area (Å²) in [5.74, 6) is 0.840. The van der Waals surface area contributed by atoms with Crippen molar-refractivity contribution in [3.63, 3.8) is 0 Å². The molecule has 0 heterocycles. The van der Waals surface area contributed by atoms with Crippen LogP contribution in [0.4, 0.5) is 0 Å². The summed E-state index contributed by atoms with van der Waals surface area (Å²) in [5.41, 5.74) is 2.32. The van der Waals surface area contributed by atoms with Crippen molar-refractivity contribution in [1.29, 1.82) is 5.26 Å². The zero-order valence-corrected chi connectivity index (χ0v) is 10.1. The van der Waals surface area contributed by atoms with Crippen molar-refractivity contribution >= 4 is 0 Å². The number of nitrogens with zero attached hydrogens (tertiary/aromatic N) is 1. The lowest BCUT2D eigenvalue weighted by Gasteiger charge is -2.17. The number of rotatable bonds is 5. The Labute approximate surface area is 97.0 Å². The van der Waals surface area contributed by atoms with E-state index >= 15 is 0 Å². The SMILES string of the molecule is CCc1ccc(OC)c(C(CC#N)NC)c1. The molecule has 1 atom stereocenters. The lowest BCUT2D eigenvalue weighted by molar-refractivity contribution is 0.402. The minimum absolute atomic E-state index is 0.0337. The predicted octanol–water partition coefficient (Wildman–Crippen LogP) is 2.43. The van der Waals surface area contributed by atoms with E-state index in [4.69, 9.17) is 10.00 Å². The molecule has 1 N–H and O–H groups in total. The van der Waals surface area contributed by atoms with E-state index in [9.17, 15) is 0 Å². The third-order valence-corrected chi connectivity index (χ3v) is 2.72. The van der Waals surface area contributed by atoms with Crippen LogP contribution in [0.2, 0.25) is 0 Å². The summed E-state index contributed by atoms with van der Waals surface area (Å²) in [7, 11) is 3.52. The lowest BCUT2D eigenvalue weighted by atomic mass is 9.99. The van der Waals surface area contributed by atoms with Crippen molar-refractivity contribution in [2.45, 2.75) is 25.8 Å². The molecule has 3 nitrogen and oxygen atoms in total.